The van der Waals surface area contributed by atoms with Crippen molar-refractivity contribution < 1.29 is 44.4 Å². The van der Waals surface area contributed by atoms with Crippen LogP contribution in [0.5, 0.6) is 0 Å². The third-order valence-electron chi connectivity index (χ3n) is 1.58. The van der Waals surface area contributed by atoms with Gasteiger partial charge < -0.3 is 25.3 Å². The van der Waals surface area contributed by atoms with Gasteiger partial charge in [-0.1, -0.05) is 6.58 Å². The second-order valence-corrected chi connectivity index (χ2v) is 3.12. The highest BCUT2D eigenvalue weighted by Crippen LogP contribution is 2.16. The summed E-state index contributed by atoms with van der Waals surface area (Å²) >= 11 is 0. The van der Waals surface area contributed by atoms with Crippen LogP contribution >= 0.6 is 0 Å². The molecule has 0 aromatic rings. The minimum atomic E-state index is -2.69. The molecule has 10 heteroatoms. The van der Waals surface area contributed by atoms with Gasteiger partial charge in [0, 0.05) is 6.08 Å². The van der Waals surface area contributed by atoms with E-state index in [9.17, 15) is 24.3 Å². The van der Waals surface area contributed by atoms with Crippen LogP contribution in [0.1, 0.15) is 12.8 Å². The number of nitrogens with two attached hydrogens (primary N) is 1. The predicted octanol–water partition coefficient (Wildman–Crippen LogP) is -1.66. The summed E-state index contributed by atoms with van der Waals surface area (Å²) in [4.78, 5) is 44.1. The molecule has 108 valence electrons. The van der Waals surface area contributed by atoms with Gasteiger partial charge in [0.2, 0.25) is 0 Å². The summed E-state index contributed by atoms with van der Waals surface area (Å²) in [7, 11) is 0. The molecule has 6 N–H and O–H groups in total. The molecule has 0 aromatic carbocycles. The zero-order chi connectivity index (χ0) is 15.6. The molecule has 0 fully saturated rings. The number of hydrogen-bond donors (Lipinski definition) is 5. The van der Waals surface area contributed by atoms with Crippen molar-refractivity contribution >= 4 is 23.9 Å². The quantitative estimate of drug-likeness (QED) is 0.278. The van der Waals surface area contributed by atoms with E-state index in [1.807, 2.05) is 0 Å². The maximum atomic E-state index is 10.5. The lowest BCUT2D eigenvalue weighted by molar-refractivity contribution is -0.172. The Morgan fingerprint density at radius 1 is 1.16 bits per heavy atom. The average Bonchev–Trinajstić information content (AvgIpc) is 2.28. The Balaban J connectivity index is 0. The fourth-order valence-electron chi connectivity index (χ4n) is 0.744. The van der Waals surface area contributed by atoms with Crippen LogP contribution in [0.15, 0.2) is 12.7 Å². The maximum absolute atomic E-state index is 10.5. The van der Waals surface area contributed by atoms with Gasteiger partial charge in [-0.2, -0.15) is 5.90 Å². The van der Waals surface area contributed by atoms with E-state index in [-0.39, 0.29) is 0 Å². The largest absolute Gasteiger partial charge is 0.481 e. The Kier molecular flexibility index (Phi) is 8.56. The first kappa shape index (κ1) is 18.9. The highest BCUT2D eigenvalue weighted by atomic mass is 16.7. The summed E-state index contributed by atoms with van der Waals surface area (Å²) in [5.74, 6) is -1.17. The lowest BCUT2D eigenvalue weighted by Crippen LogP contribution is -2.43. The Morgan fingerprint density at radius 2 is 1.58 bits per heavy atom. The van der Waals surface area contributed by atoms with E-state index in [4.69, 9.17) is 15.3 Å². The van der Waals surface area contributed by atoms with Crippen LogP contribution in [0.3, 0.4) is 0 Å². The second kappa shape index (κ2) is 8.60. The molecule has 0 saturated heterocycles. The summed E-state index contributed by atoms with van der Waals surface area (Å²) in [5, 5.41) is 33.6. The van der Waals surface area contributed by atoms with Gasteiger partial charge in [0.05, 0.1) is 12.8 Å². The number of carboxylic acids is 3. The average molecular weight is 279 g/mol. The van der Waals surface area contributed by atoms with Crippen molar-refractivity contribution in [2.75, 3.05) is 0 Å². The van der Waals surface area contributed by atoms with Crippen molar-refractivity contribution in [3.63, 3.8) is 0 Å². The Hall–Kier alpha value is -2.46. The summed E-state index contributed by atoms with van der Waals surface area (Å²) < 4.78 is 0. The van der Waals surface area contributed by atoms with Gasteiger partial charge in [-0.05, 0) is 0 Å². The first-order chi connectivity index (χ1) is 8.58. The standard InChI is InChI=1S/C6H9NO7.C3H4O2/c7-14-4(10)2-6(13,5(11)12)1-3(8)9;1-2-3(4)5/h13H,1-2,7H2,(H,8,9)(H,11,12);2H,1H2,(H,4,5). The summed E-state index contributed by atoms with van der Waals surface area (Å²) in [6, 6.07) is 0. The first-order valence-corrected chi connectivity index (χ1v) is 4.51. The van der Waals surface area contributed by atoms with Crippen molar-refractivity contribution in [1.29, 1.82) is 0 Å². The monoisotopic (exact) mass is 279 g/mol. The summed E-state index contributed by atoms with van der Waals surface area (Å²) in [6.07, 6.45) is -1.30. The number of aliphatic carboxylic acids is 3. The smallest absolute Gasteiger partial charge is 0.336 e. The number of carbonyl (C=O) groups is 4. The van der Waals surface area contributed by atoms with Crippen LogP contribution in [0.2, 0.25) is 0 Å². The molecule has 0 radical (unpaired) electrons. The molecule has 0 aromatic heterocycles. The molecule has 10 nitrogen and oxygen atoms in total. The normalized spacial score (nSPS) is 12.1. The third-order valence-corrected chi connectivity index (χ3v) is 1.58. The third kappa shape index (κ3) is 9.26. The molecule has 0 amide bonds. The SMILES string of the molecule is C=CC(=O)O.NOC(=O)CC(O)(CC(=O)O)C(=O)O. The van der Waals surface area contributed by atoms with E-state index in [2.05, 4.69) is 17.3 Å². The van der Waals surface area contributed by atoms with Crippen LogP contribution in [-0.2, 0) is 24.0 Å². The molecule has 1 atom stereocenters. The number of carbonyl (C=O) groups excluding carboxylic acids is 1. The molecule has 0 aliphatic carbocycles. The van der Waals surface area contributed by atoms with Crippen LogP contribution in [0.25, 0.3) is 0 Å². The molecule has 0 bridgehead atoms. The lowest BCUT2D eigenvalue weighted by atomic mass is 9.96. The molecule has 0 aliphatic rings. The van der Waals surface area contributed by atoms with Crippen molar-refractivity contribution in [3.05, 3.63) is 12.7 Å². The van der Waals surface area contributed by atoms with Crippen molar-refractivity contribution in [2.45, 2.75) is 18.4 Å². The molecule has 0 heterocycles. The van der Waals surface area contributed by atoms with Gasteiger partial charge >= 0.3 is 23.9 Å². The predicted molar refractivity (Wildman–Crippen MR) is 57.6 cm³/mol. The molecule has 0 aliphatic heterocycles. The van der Waals surface area contributed by atoms with E-state index in [1.54, 1.807) is 0 Å². The molecule has 0 rings (SSSR count). The number of aliphatic hydroxyl groups is 1. The van der Waals surface area contributed by atoms with Crippen LogP contribution in [0.4, 0.5) is 0 Å². The number of rotatable bonds is 6. The molecular formula is C9H13NO9. The van der Waals surface area contributed by atoms with Crippen molar-refractivity contribution in [2.24, 2.45) is 5.90 Å². The maximum Gasteiger partial charge on any atom is 0.336 e. The Bertz CT molecular complexity index is 378. The van der Waals surface area contributed by atoms with Crippen LogP contribution in [0, 0.1) is 0 Å². The molecule has 0 spiro atoms. The zero-order valence-corrected chi connectivity index (χ0v) is 9.61. The minimum Gasteiger partial charge on any atom is -0.481 e. The highest BCUT2D eigenvalue weighted by Gasteiger charge is 2.41. The minimum absolute atomic E-state index is 0.833. The first-order valence-electron chi connectivity index (χ1n) is 4.51. The van der Waals surface area contributed by atoms with Crippen LogP contribution < -0.4 is 5.90 Å². The fourth-order valence-corrected chi connectivity index (χ4v) is 0.744. The van der Waals surface area contributed by atoms with E-state index in [0.29, 0.717) is 0 Å². The fraction of sp³-hybridized carbons (Fsp3) is 0.333. The highest BCUT2D eigenvalue weighted by molar-refractivity contribution is 5.88. The van der Waals surface area contributed by atoms with Gasteiger partial charge in [-0.25, -0.2) is 9.59 Å². The summed E-state index contributed by atoms with van der Waals surface area (Å²) in [5.41, 5.74) is -2.69. The van der Waals surface area contributed by atoms with Gasteiger partial charge in [0.25, 0.3) is 0 Å². The molecule has 1 unspecified atom stereocenters. The lowest BCUT2D eigenvalue weighted by Gasteiger charge is -2.19. The Labute approximate surface area is 106 Å². The van der Waals surface area contributed by atoms with Gasteiger partial charge in [-0.15, -0.1) is 0 Å². The topological polar surface area (TPSA) is 184 Å². The number of hydrogen-bond acceptors (Lipinski definition) is 7. The van der Waals surface area contributed by atoms with Crippen molar-refractivity contribution in [1.82, 2.24) is 0 Å². The Morgan fingerprint density at radius 3 is 1.79 bits per heavy atom. The number of carboxylic acid groups (broad SMARTS) is 3. The van der Waals surface area contributed by atoms with Gasteiger partial charge in [0.1, 0.15) is 0 Å². The van der Waals surface area contributed by atoms with Gasteiger partial charge in [-0.3, -0.25) is 9.59 Å². The molecule has 0 saturated carbocycles. The van der Waals surface area contributed by atoms with E-state index < -0.39 is 42.3 Å². The van der Waals surface area contributed by atoms with Crippen LogP contribution in [-0.4, -0.2) is 49.9 Å². The van der Waals surface area contributed by atoms with E-state index in [0.717, 1.165) is 6.08 Å². The van der Waals surface area contributed by atoms with Crippen molar-refractivity contribution in [3.8, 4) is 0 Å². The molecule has 19 heavy (non-hydrogen) atoms. The second-order valence-electron chi connectivity index (χ2n) is 3.12. The van der Waals surface area contributed by atoms with E-state index in [1.165, 1.54) is 0 Å². The molecular weight excluding hydrogens is 266 g/mol. The summed E-state index contributed by atoms with van der Waals surface area (Å²) in [6.45, 7) is 2.96. The van der Waals surface area contributed by atoms with E-state index >= 15 is 0 Å². The zero-order valence-electron chi connectivity index (χ0n) is 9.61. The van der Waals surface area contributed by atoms with Gasteiger partial charge in [0.15, 0.2) is 5.60 Å².